The van der Waals surface area contributed by atoms with Crippen molar-refractivity contribution in [3.05, 3.63) is 193 Å². The first-order valence-electron chi connectivity index (χ1n) is 16.5. The van der Waals surface area contributed by atoms with Gasteiger partial charge in [-0.2, -0.15) is 0 Å². The molecule has 1 unspecified atom stereocenters. The Morgan fingerprint density at radius 3 is 1.63 bits per heavy atom. The topological polar surface area (TPSA) is 36.8 Å². The molecule has 0 bridgehead atoms. The van der Waals surface area contributed by atoms with Crippen molar-refractivity contribution < 1.29 is 0 Å². The van der Waals surface area contributed by atoms with Gasteiger partial charge in [0.1, 0.15) is 12.0 Å². The third-order valence-electron chi connectivity index (χ3n) is 9.16. The zero-order valence-corrected chi connectivity index (χ0v) is 27.4. The lowest BCUT2D eigenvalue weighted by atomic mass is 9.96. The summed E-state index contributed by atoms with van der Waals surface area (Å²) in [6, 6.07) is 62.2. The zero-order valence-electron chi connectivity index (χ0n) is 26.6. The summed E-state index contributed by atoms with van der Waals surface area (Å²) >= 11 is 1.83. The summed E-state index contributed by atoms with van der Waals surface area (Å²) in [5, 5.41) is 6.29. The lowest BCUT2D eigenvalue weighted by Crippen LogP contribution is -2.33. The maximum Gasteiger partial charge on any atom is 0.159 e. The van der Waals surface area contributed by atoms with E-state index in [1.54, 1.807) is 0 Å². The minimum atomic E-state index is -0.306. The molecule has 8 aromatic rings. The fraction of sp³-hybridized carbons (Fsp3) is 0.0222. The SMILES string of the molecule is c1ccc(-c2ccc(C3=NC(c4ccc(-c5ccccc5)cc4)NC(c4cc(-c5ccccc5)c5c(c4)sc4ccccc45)=N3)cc2)cc1. The molecular formula is C45H31N3S. The lowest BCUT2D eigenvalue weighted by molar-refractivity contribution is 0.674. The van der Waals surface area contributed by atoms with E-state index in [4.69, 9.17) is 9.98 Å². The first-order valence-corrected chi connectivity index (χ1v) is 17.3. The number of hydrogen-bond acceptors (Lipinski definition) is 4. The Labute approximate surface area is 289 Å². The molecule has 0 amide bonds. The molecular weight excluding hydrogens is 615 g/mol. The molecule has 4 heteroatoms. The van der Waals surface area contributed by atoms with Gasteiger partial charge in [0, 0.05) is 31.3 Å². The molecule has 1 aromatic heterocycles. The Hall–Kier alpha value is -6.10. The molecule has 1 N–H and O–H groups in total. The van der Waals surface area contributed by atoms with Crippen LogP contribution in [-0.4, -0.2) is 11.7 Å². The largest absolute Gasteiger partial charge is 0.344 e. The van der Waals surface area contributed by atoms with Gasteiger partial charge in [-0.3, -0.25) is 0 Å². The second kappa shape index (κ2) is 12.5. The van der Waals surface area contributed by atoms with Crippen molar-refractivity contribution in [3.8, 4) is 33.4 Å². The molecule has 0 saturated carbocycles. The van der Waals surface area contributed by atoms with Gasteiger partial charge in [0.05, 0.1) is 0 Å². The van der Waals surface area contributed by atoms with Crippen LogP contribution in [0.5, 0.6) is 0 Å². The highest BCUT2D eigenvalue weighted by atomic mass is 32.1. The van der Waals surface area contributed by atoms with E-state index < -0.39 is 0 Å². The summed E-state index contributed by atoms with van der Waals surface area (Å²) in [5.74, 6) is 1.52. The predicted molar refractivity (Wildman–Crippen MR) is 207 cm³/mol. The number of amidine groups is 2. The molecule has 2 heterocycles. The van der Waals surface area contributed by atoms with Crippen molar-refractivity contribution in [1.82, 2.24) is 5.32 Å². The van der Waals surface area contributed by atoms with Crippen LogP contribution in [0.4, 0.5) is 0 Å². The van der Waals surface area contributed by atoms with Crippen LogP contribution in [0.2, 0.25) is 0 Å². The minimum absolute atomic E-state index is 0.306. The second-order valence-corrected chi connectivity index (χ2v) is 13.3. The molecule has 9 rings (SSSR count). The van der Waals surface area contributed by atoms with E-state index >= 15 is 0 Å². The highest BCUT2D eigenvalue weighted by Crippen LogP contribution is 2.41. The first kappa shape index (κ1) is 29.1. The number of thiophene rings is 1. The van der Waals surface area contributed by atoms with Gasteiger partial charge in [0.2, 0.25) is 0 Å². The van der Waals surface area contributed by atoms with Crippen molar-refractivity contribution >= 4 is 43.2 Å². The molecule has 7 aromatic carbocycles. The summed E-state index contributed by atoms with van der Waals surface area (Å²) in [6.07, 6.45) is -0.306. The number of hydrogen-bond donors (Lipinski definition) is 1. The van der Waals surface area contributed by atoms with Crippen molar-refractivity contribution in [2.24, 2.45) is 9.98 Å². The van der Waals surface area contributed by atoms with Gasteiger partial charge in [0.15, 0.2) is 5.84 Å². The smallest absolute Gasteiger partial charge is 0.159 e. The summed E-state index contributed by atoms with van der Waals surface area (Å²) in [6.45, 7) is 0. The average Bonchev–Trinajstić information content (AvgIpc) is 3.57. The Morgan fingerprint density at radius 1 is 0.449 bits per heavy atom. The number of nitrogens with one attached hydrogen (secondary N) is 1. The van der Waals surface area contributed by atoms with E-state index in [-0.39, 0.29) is 6.17 Å². The molecule has 0 saturated heterocycles. The zero-order chi connectivity index (χ0) is 32.6. The van der Waals surface area contributed by atoms with Crippen LogP contribution in [0, 0.1) is 0 Å². The van der Waals surface area contributed by atoms with Crippen LogP contribution >= 0.6 is 11.3 Å². The Morgan fingerprint density at radius 2 is 0.980 bits per heavy atom. The quantitative estimate of drug-likeness (QED) is 0.192. The van der Waals surface area contributed by atoms with Gasteiger partial charge in [-0.15, -0.1) is 11.3 Å². The van der Waals surface area contributed by atoms with Crippen molar-refractivity contribution in [3.63, 3.8) is 0 Å². The average molecular weight is 646 g/mol. The van der Waals surface area contributed by atoms with Crippen molar-refractivity contribution in [1.29, 1.82) is 0 Å². The Bertz CT molecular complexity index is 2480. The maximum atomic E-state index is 5.22. The van der Waals surface area contributed by atoms with Gasteiger partial charge in [-0.1, -0.05) is 158 Å². The van der Waals surface area contributed by atoms with Crippen molar-refractivity contribution in [2.75, 3.05) is 0 Å². The van der Waals surface area contributed by atoms with Crippen molar-refractivity contribution in [2.45, 2.75) is 6.17 Å². The van der Waals surface area contributed by atoms with E-state index in [9.17, 15) is 0 Å². The van der Waals surface area contributed by atoms with Gasteiger partial charge < -0.3 is 5.32 Å². The molecule has 49 heavy (non-hydrogen) atoms. The summed E-state index contributed by atoms with van der Waals surface area (Å²) < 4.78 is 2.52. The van der Waals surface area contributed by atoms with Crippen LogP contribution in [0.3, 0.4) is 0 Å². The molecule has 0 radical (unpaired) electrons. The summed E-state index contributed by atoms with van der Waals surface area (Å²) in [4.78, 5) is 10.4. The Kier molecular flexibility index (Phi) is 7.41. The van der Waals surface area contributed by atoms with Crippen LogP contribution in [0.25, 0.3) is 53.6 Å². The summed E-state index contributed by atoms with van der Waals surface area (Å²) in [5.41, 5.74) is 10.2. The van der Waals surface area contributed by atoms with E-state index in [0.717, 1.165) is 22.5 Å². The highest BCUT2D eigenvalue weighted by Gasteiger charge is 2.23. The van der Waals surface area contributed by atoms with Crippen LogP contribution in [0.15, 0.2) is 186 Å². The third kappa shape index (κ3) is 5.62. The molecule has 1 aliphatic heterocycles. The number of nitrogens with zero attached hydrogens (tertiary/aromatic N) is 2. The van der Waals surface area contributed by atoms with E-state index in [1.807, 2.05) is 23.5 Å². The fourth-order valence-corrected chi connectivity index (χ4v) is 7.83. The van der Waals surface area contributed by atoms with Gasteiger partial charge in [-0.05, 0) is 57.1 Å². The summed E-state index contributed by atoms with van der Waals surface area (Å²) in [7, 11) is 0. The van der Waals surface area contributed by atoms with E-state index in [2.05, 4.69) is 169 Å². The lowest BCUT2D eigenvalue weighted by Gasteiger charge is -2.24. The van der Waals surface area contributed by atoms with Crippen LogP contribution in [-0.2, 0) is 0 Å². The molecule has 232 valence electrons. The Balaban J connectivity index is 1.17. The highest BCUT2D eigenvalue weighted by molar-refractivity contribution is 7.26. The second-order valence-electron chi connectivity index (χ2n) is 12.3. The maximum absolute atomic E-state index is 5.22. The normalized spacial score (nSPS) is 14.3. The minimum Gasteiger partial charge on any atom is -0.344 e. The van der Waals surface area contributed by atoms with Crippen LogP contribution in [0.1, 0.15) is 22.9 Å². The van der Waals surface area contributed by atoms with Gasteiger partial charge in [-0.25, -0.2) is 9.98 Å². The number of rotatable bonds is 6. The molecule has 3 nitrogen and oxygen atoms in total. The molecule has 0 fully saturated rings. The first-order chi connectivity index (χ1) is 24.3. The number of fused-ring (bicyclic) bond motifs is 3. The standard InChI is InChI=1S/C45H31N3S/c1-4-12-30(13-5-1)32-20-24-35(25-21-32)43-46-44(36-26-22-33(23-27-36)31-14-6-2-7-15-31)48-45(47-43)37-28-39(34-16-8-3-9-17-34)42-38-18-10-11-19-40(38)49-41(42)29-37/h1-29,43H,(H,46,47,48). The van der Waals surface area contributed by atoms with E-state index in [1.165, 1.54) is 53.6 Å². The fourth-order valence-electron chi connectivity index (χ4n) is 6.66. The number of benzene rings is 7. The van der Waals surface area contributed by atoms with E-state index in [0.29, 0.717) is 5.84 Å². The third-order valence-corrected chi connectivity index (χ3v) is 10.3. The van der Waals surface area contributed by atoms with Crippen LogP contribution < -0.4 is 5.32 Å². The molecule has 1 atom stereocenters. The molecule has 1 aliphatic rings. The molecule has 0 spiro atoms. The number of aliphatic imine (C=N–C) groups is 2. The molecule has 0 aliphatic carbocycles. The van der Waals surface area contributed by atoms with Gasteiger partial charge >= 0.3 is 0 Å². The predicted octanol–water partition coefficient (Wildman–Crippen LogP) is 11.6. The monoisotopic (exact) mass is 645 g/mol. The van der Waals surface area contributed by atoms with Gasteiger partial charge in [0.25, 0.3) is 0 Å².